The van der Waals surface area contributed by atoms with Crippen LogP contribution in [-0.2, 0) is 60.6 Å². The van der Waals surface area contributed by atoms with Crippen LogP contribution in [0.2, 0.25) is 0 Å². The van der Waals surface area contributed by atoms with Crippen molar-refractivity contribution in [2.45, 2.75) is 40.6 Å². The molecule has 4 radical (unpaired) electrons. The summed E-state index contributed by atoms with van der Waals surface area (Å²) in [5.41, 5.74) is 0.345. The molecule has 50 heavy (non-hydrogen) atoms. The molecule has 0 fully saturated rings. The van der Waals surface area contributed by atoms with Gasteiger partial charge in [-0.05, 0) is 20.8 Å². The van der Waals surface area contributed by atoms with Crippen molar-refractivity contribution in [2.75, 3.05) is 0 Å². The Labute approximate surface area is 291 Å². The first kappa shape index (κ1) is 48.7. The van der Waals surface area contributed by atoms with Crippen molar-refractivity contribution in [1.29, 1.82) is 0 Å². The third-order valence-corrected chi connectivity index (χ3v) is 6.90. The first-order valence-corrected chi connectivity index (χ1v) is 16.8. The maximum absolute atomic E-state index is 10.7. The van der Waals surface area contributed by atoms with Crippen molar-refractivity contribution in [3.63, 3.8) is 0 Å². The second kappa shape index (κ2) is 21.0. The quantitative estimate of drug-likeness (QED) is 0.130. The zero-order chi connectivity index (χ0) is 37.0. The van der Waals surface area contributed by atoms with E-state index in [9.17, 15) is 72.8 Å². The summed E-state index contributed by atoms with van der Waals surface area (Å²) in [6.07, 6.45) is 4.49. The van der Waals surface area contributed by atoms with Crippen molar-refractivity contribution in [3.8, 4) is 17.2 Å². The minimum Gasteiger partial charge on any atom is -0.790 e. The van der Waals surface area contributed by atoms with Crippen LogP contribution in [-0.4, -0.2) is 49.1 Å². The second-order valence-corrected chi connectivity index (χ2v) is 12.4. The summed E-state index contributed by atoms with van der Waals surface area (Å²) in [6.45, 7) is 2.54. The van der Waals surface area contributed by atoms with Crippen LogP contribution >= 0.6 is 23.5 Å². The number of phosphoric ester groups is 3. The van der Waals surface area contributed by atoms with Gasteiger partial charge in [0.1, 0.15) is 17.2 Å². The monoisotopic (exact) mass is 779 g/mol. The van der Waals surface area contributed by atoms with E-state index < -0.39 is 43.3 Å². The summed E-state index contributed by atoms with van der Waals surface area (Å²) in [7, 11) is -15.3. The third-order valence-electron chi connectivity index (χ3n) is 5.56. The number of carbonyl (C=O) groups excluding carboxylic acids is 3. The first-order valence-electron chi connectivity index (χ1n) is 12.4. The van der Waals surface area contributed by atoms with Gasteiger partial charge >= 0.3 is 20.9 Å². The Morgan fingerprint density at radius 2 is 0.760 bits per heavy atom. The fourth-order valence-electron chi connectivity index (χ4n) is 3.14. The fraction of sp³-hybridized carbons (Fsp3) is 0.240. The maximum Gasteiger partial charge on any atom is 4.00 e. The molecule has 0 aliphatic carbocycles. The van der Waals surface area contributed by atoms with Crippen molar-refractivity contribution in [3.05, 3.63) is 76.5 Å². The predicted molar refractivity (Wildman–Crippen MR) is 156 cm³/mol. The normalized spacial score (nSPS) is 11.0. The van der Waals surface area contributed by atoms with Crippen molar-refractivity contribution < 1.29 is 86.3 Å². The number of aromatic nitrogens is 3. The number of aldehydes is 3. The van der Waals surface area contributed by atoms with Gasteiger partial charge in [0.2, 0.25) is 0 Å². The molecule has 0 saturated carbocycles. The fourth-order valence-corrected chi connectivity index (χ4v) is 4.03. The molecule has 0 aliphatic heterocycles. The van der Waals surface area contributed by atoms with Crippen LogP contribution in [0.5, 0.6) is 17.2 Å². The van der Waals surface area contributed by atoms with Gasteiger partial charge in [-0.25, -0.2) is 0 Å². The number of carbonyl (C=O) groups is 3. The number of rotatable bonds is 12. The number of nitrogens with zero attached hydrogens (tertiary/aromatic N) is 3. The van der Waals surface area contributed by atoms with Crippen molar-refractivity contribution >= 4 is 55.8 Å². The number of hydrogen-bond donors (Lipinski definition) is 3. The van der Waals surface area contributed by atoms with E-state index >= 15 is 0 Å². The van der Waals surface area contributed by atoms with Crippen LogP contribution in [0.1, 0.15) is 64.8 Å². The Kier molecular flexibility index (Phi) is 20.5. The molecule has 0 aromatic carbocycles. The van der Waals surface area contributed by atoms with Gasteiger partial charge in [0.25, 0.3) is 0 Å². The number of hydrogen-bond acceptors (Lipinski definition) is 21. The molecule has 0 unspecified atom stereocenters. The van der Waals surface area contributed by atoms with E-state index in [1.54, 1.807) is 0 Å². The van der Waals surface area contributed by atoms with Gasteiger partial charge in [0, 0.05) is 35.3 Å². The van der Waals surface area contributed by atoms with Crippen molar-refractivity contribution in [1.82, 2.24) is 15.0 Å². The molecule has 268 valence electrons. The molecule has 0 saturated heterocycles. The van der Waals surface area contributed by atoms with Gasteiger partial charge in [-0.3, -0.25) is 29.3 Å². The van der Waals surface area contributed by atoms with E-state index in [-0.39, 0.29) is 88.6 Å². The molecule has 3 rings (SSSR count). The van der Waals surface area contributed by atoms with Crippen LogP contribution in [0.15, 0.2) is 18.6 Å². The molecule has 21 nitrogen and oxygen atoms in total. The largest absolute Gasteiger partial charge is 4.00 e. The van der Waals surface area contributed by atoms with Gasteiger partial charge in [-0.15, -0.1) is 0 Å². The number of phosphoric acid groups is 3. The molecular formula is C25H24N3O18P3S. The second-order valence-electron chi connectivity index (χ2n) is 8.91. The van der Waals surface area contributed by atoms with Gasteiger partial charge in [-0.1, -0.05) is 0 Å². The average Bonchev–Trinajstić information content (AvgIpc) is 2.98. The maximum atomic E-state index is 10.7. The molecule has 3 heterocycles. The van der Waals surface area contributed by atoms with E-state index in [0.29, 0.717) is 18.9 Å². The molecule has 0 bridgehead atoms. The molecule has 3 aromatic rings. The number of pyridine rings is 3. The third kappa shape index (κ3) is 16.5. The Bertz CT molecular complexity index is 1570. The van der Waals surface area contributed by atoms with E-state index in [2.05, 4.69) is 28.5 Å². The molecule has 0 atom stereocenters. The summed E-state index contributed by atoms with van der Waals surface area (Å²) < 4.78 is 42.7. The first-order chi connectivity index (χ1) is 22.0. The zero-order valence-corrected chi connectivity index (χ0v) is 29.1. The van der Waals surface area contributed by atoms with Gasteiger partial charge < -0.3 is 71.9 Å². The summed E-state index contributed by atoms with van der Waals surface area (Å²) in [6, 6.07) is 0. The summed E-state index contributed by atoms with van der Waals surface area (Å²) in [4.78, 5) is 104. The van der Waals surface area contributed by atoms with Crippen LogP contribution in [0.4, 0.5) is 0 Å². The predicted octanol–water partition coefficient (Wildman–Crippen LogP) is -2.16. The topological polar surface area (TPSA) is 368 Å². The summed E-state index contributed by atoms with van der Waals surface area (Å²) in [5, 5.41) is 28.3. The minimum absolute atomic E-state index is 0. The van der Waals surface area contributed by atoms with Gasteiger partial charge in [-0.2, -0.15) is 0 Å². The molecule has 0 spiro atoms. The molecular weight excluding hydrogens is 755 g/mol. The Morgan fingerprint density at radius 1 is 0.560 bits per heavy atom. The molecule has 0 aliphatic rings. The van der Waals surface area contributed by atoms with Crippen LogP contribution in [0.25, 0.3) is 0 Å². The molecule has 0 amide bonds. The SMILES string of the molecule is Cc1ncc(COP(=O)([O-])[O-])c(C=O)c1O.Cc1ncc(COP(=O)([O-])[O-])c(C=O)c1O.Cc1ncc(COP(=O)([O-])[O-])c(C=O)c1O.[C+4].[S+2]. The van der Waals surface area contributed by atoms with Gasteiger partial charge in [0.15, 0.2) is 18.9 Å². The minimum atomic E-state index is -5.11. The van der Waals surface area contributed by atoms with Gasteiger partial charge in [0.05, 0.1) is 77.1 Å². The Morgan fingerprint density at radius 3 is 0.920 bits per heavy atom. The number of aryl methyl sites for hydroxylation is 3. The van der Waals surface area contributed by atoms with E-state index in [1.807, 2.05) is 0 Å². The summed E-state index contributed by atoms with van der Waals surface area (Å²) in [5.74, 6) is -1.08. The Balaban J connectivity index is 0. The standard InChI is InChI=1S/3C8H10NO6P.C.S/c3*1-5-8(11)7(3-10)6(2-9-5)4-15-16(12,13)14;;/h3*2-3,11H,4H2,1H3,(H2,12,13,14);;/q;;;+4;+2/p-6. The molecule has 3 N–H and O–H groups in total. The smallest absolute Gasteiger partial charge is 0.790 e. The molecule has 25 heteroatoms. The van der Waals surface area contributed by atoms with Crippen LogP contribution < -0.4 is 29.4 Å². The van der Waals surface area contributed by atoms with Crippen LogP contribution in [0.3, 0.4) is 0 Å². The van der Waals surface area contributed by atoms with E-state index in [1.165, 1.54) is 20.8 Å². The zero-order valence-electron chi connectivity index (χ0n) is 25.6. The molecule has 3 aromatic heterocycles. The number of aromatic hydroxyl groups is 3. The van der Waals surface area contributed by atoms with Crippen molar-refractivity contribution in [2.24, 2.45) is 0 Å². The van der Waals surface area contributed by atoms with Crippen LogP contribution in [0, 0.1) is 28.2 Å². The average molecular weight is 779 g/mol. The summed E-state index contributed by atoms with van der Waals surface area (Å²) >= 11 is 0. The van der Waals surface area contributed by atoms with E-state index in [0.717, 1.165) is 18.6 Å². The van der Waals surface area contributed by atoms with E-state index in [4.69, 9.17) is 0 Å². The Hall–Kier alpha value is -3.46.